The van der Waals surface area contributed by atoms with Crippen molar-refractivity contribution < 1.29 is 27.4 Å². The Bertz CT molecular complexity index is 1380. The van der Waals surface area contributed by atoms with Gasteiger partial charge in [0.05, 0.1) is 40.2 Å². The molecule has 2 N–H and O–H groups in total. The molecule has 2 atom stereocenters. The average molecular weight is 507 g/mol. The zero-order valence-electron chi connectivity index (χ0n) is 19.8. The Morgan fingerprint density at radius 3 is 2.56 bits per heavy atom. The van der Waals surface area contributed by atoms with Gasteiger partial charge in [0.15, 0.2) is 0 Å². The summed E-state index contributed by atoms with van der Waals surface area (Å²) in [7, 11) is 0. The first-order chi connectivity index (χ1) is 17.1. The highest BCUT2D eigenvalue weighted by atomic mass is 19.3. The summed E-state index contributed by atoms with van der Waals surface area (Å²) in [4.78, 5) is 22.5. The molecule has 36 heavy (non-hydrogen) atoms. The van der Waals surface area contributed by atoms with E-state index >= 15 is 0 Å². The molecule has 0 radical (unpaired) electrons. The minimum Gasteiger partial charge on any atom is -0.382 e. The molecule has 192 valence electrons. The minimum atomic E-state index is -2.97. The molecule has 3 heterocycles. The summed E-state index contributed by atoms with van der Waals surface area (Å²) in [5.41, 5.74) is -3.68. The highest BCUT2D eigenvalue weighted by Crippen LogP contribution is 2.45. The summed E-state index contributed by atoms with van der Waals surface area (Å²) in [6.45, 7) is 2.56. The Morgan fingerprint density at radius 2 is 1.94 bits per heavy atom. The van der Waals surface area contributed by atoms with Crippen LogP contribution in [0.15, 0.2) is 29.2 Å². The third-order valence-corrected chi connectivity index (χ3v) is 7.15. The van der Waals surface area contributed by atoms with E-state index in [2.05, 4.69) is 15.3 Å². The number of aryl methyl sites for hydroxylation is 1. The highest BCUT2D eigenvalue weighted by molar-refractivity contribution is 5.91. The maximum atomic E-state index is 14.8. The van der Waals surface area contributed by atoms with Gasteiger partial charge in [0, 0.05) is 24.8 Å². The molecule has 11 heteroatoms. The molecule has 2 aromatic heterocycles. The molecule has 2 fully saturated rings. The van der Waals surface area contributed by atoms with Crippen LogP contribution in [0.4, 0.5) is 23.4 Å². The molecule has 0 bridgehead atoms. The third kappa shape index (κ3) is 3.94. The monoisotopic (exact) mass is 506 g/mol. The molecular weight excluding hydrogens is 480 g/mol. The van der Waals surface area contributed by atoms with Gasteiger partial charge in [-0.25, -0.2) is 27.5 Å². The first kappa shape index (κ1) is 24.6. The standard InChI is InChI=1S/C25H26F4N4O3/c1-13(15-4-3-5-16(19(15)27)21(28)29)30-22-17-10-33(24(11-26)6-7-24)23(34)18(20(17)31-14(2)32-22)25(35)8-9-36-12-25/h3-5,10,13,21,35H,6-9,11-12H2,1-2H3,(H,30,31,32)/t13-,25?/m1/s1. The van der Waals surface area contributed by atoms with E-state index in [0.717, 1.165) is 6.07 Å². The molecule has 2 aliphatic rings. The largest absolute Gasteiger partial charge is 0.382 e. The van der Waals surface area contributed by atoms with Gasteiger partial charge in [0.25, 0.3) is 12.0 Å². The van der Waals surface area contributed by atoms with Crippen LogP contribution in [0, 0.1) is 12.7 Å². The molecule has 1 saturated carbocycles. The normalized spacial score (nSPS) is 21.8. The zero-order chi connectivity index (χ0) is 25.8. The third-order valence-electron chi connectivity index (χ3n) is 7.15. The lowest BCUT2D eigenvalue weighted by molar-refractivity contribution is 0.0225. The van der Waals surface area contributed by atoms with E-state index in [0.29, 0.717) is 18.2 Å². The van der Waals surface area contributed by atoms with Gasteiger partial charge in [-0.2, -0.15) is 0 Å². The Morgan fingerprint density at radius 1 is 1.22 bits per heavy atom. The van der Waals surface area contributed by atoms with Crippen LogP contribution in [-0.2, 0) is 15.9 Å². The molecule has 0 amide bonds. The second kappa shape index (κ2) is 8.81. The van der Waals surface area contributed by atoms with Crippen LogP contribution >= 0.6 is 0 Å². The van der Waals surface area contributed by atoms with Crippen LogP contribution in [0.1, 0.15) is 61.2 Å². The molecular formula is C25H26F4N4O3. The Labute approximate surface area is 204 Å². The summed E-state index contributed by atoms with van der Waals surface area (Å²) in [5.74, 6) is -0.544. The number of rotatable bonds is 7. The lowest BCUT2D eigenvalue weighted by atomic mass is 9.92. The molecule has 1 aliphatic heterocycles. The highest BCUT2D eigenvalue weighted by Gasteiger charge is 2.48. The summed E-state index contributed by atoms with van der Waals surface area (Å²) < 4.78 is 62.0. The number of ether oxygens (including phenoxy) is 1. The summed E-state index contributed by atoms with van der Waals surface area (Å²) in [5, 5.41) is 14.7. The SMILES string of the molecule is Cc1nc(N[C@H](C)c2cccc(C(F)F)c2F)c2cn(C3(CF)CC3)c(=O)c(C3(O)CCOC3)c2n1. The van der Waals surface area contributed by atoms with Gasteiger partial charge in [-0.3, -0.25) is 4.79 Å². The van der Waals surface area contributed by atoms with E-state index in [1.807, 2.05) is 0 Å². The van der Waals surface area contributed by atoms with E-state index in [1.54, 1.807) is 13.8 Å². The van der Waals surface area contributed by atoms with Gasteiger partial charge < -0.3 is 19.7 Å². The van der Waals surface area contributed by atoms with Crippen LogP contribution < -0.4 is 10.9 Å². The predicted octanol–water partition coefficient (Wildman–Crippen LogP) is 4.42. The van der Waals surface area contributed by atoms with E-state index in [1.165, 1.54) is 22.9 Å². The van der Waals surface area contributed by atoms with Crippen molar-refractivity contribution in [2.75, 3.05) is 25.2 Å². The van der Waals surface area contributed by atoms with Crippen LogP contribution in [0.25, 0.3) is 10.9 Å². The number of hydrogen-bond acceptors (Lipinski definition) is 6. The van der Waals surface area contributed by atoms with E-state index in [-0.39, 0.29) is 47.9 Å². The minimum absolute atomic E-state index is 0.00399. The summed E-state index contributed by atoms with van der Waals surface area (Å²) >= 11 is 0. The van der Waals surface area contributed by atoms with Crippen LogP contribution in [0.3, 0.4) is 0 Å². The number of benzene rings is 1. The van der Waals surface area contributed by atoms with Crippen molar-refractivity contribution in [3.05, 3.63) is 63.1 Å². The molecule has 1 aromatic carbocycles. The fourth-order valence-corrected chi connectivity index (χ4v) is 4.87. The summed E-state index contributed by atoms with van der Waals surface area (Å²) in [6.07, 6.45) is -0.423. The van der Waals surface area contributed by atoms with Gasteiger partial charge in [-0.1, -0.05) is 18.2 Å². The number of alkyl halides is 3. The fourth-order valence-electron chi connectivity index (χ4n) is 4.87. The number of pyridine rings is 1. The summed E-state index contributed by atoms with van der Waals surface area (Å²) in [6, 6.07) is 2.99. The number of halogens is 4. The van der Waals surface area contributed by atoms with E-state index in [4.69, 9.17) is 4.74 Å². The maximum Gasteiger partial charge on any atom is 0.266 e. The number of hydrogen-bond donors (Lipinski definition) is 2. The van der Waals surface area contributed by atoms with Crippen LogP contribution in [0.2, 0.25) is 0 Å². The molecule has 3 aromatic rings. The molecule has 7 nitrogen and oxygen atoms in total. The van der Waals surface area contributed by atoms with Crippen molar-refractivity contribution >= 4 is 16.7 Å². The number of anilines is 1. The predicted molar refractivity (Wildman–Crippen MR) is 124 cm³/mol. The maximum absolute atomic E-state index is 14.8. The van der Waals surface area contributed by atoms with Crippen molar-refractivity contribution in [1.82, 2.24) is 14.5 Å². The van der Waals surface area contributed by atoms with Crippen molar-refractivity contribution in [3.63, 3.8) is 0 Å². The molecule has 5 rings (SSSR count). The van der Waals surface area contributed by atoms with E-state index < -0.39 is 47.2 Å². The second-order valence-corrected chi connectivity index (χ2v) is 9.67. The number of nitrogens with zero attached hydrogens (tertiary/aromatic N) is 3. The molecule has 1 saturated heterocycles. The molecule has 0 spiro atoms. The number of fused-ring (bicyclic) bond motifs is 1. The lowest BCUT2D eigenvalue weighted by Crippen LogP contribution is -2.41. The van der Waals surface area contributed by atoms with Gasteiger partial charge in [0.1, 0.15) is 29.7 Å². The van der Waals surface area contributed by atoms with Gasteiger partial charge >= 0.3 is 0 Å². The quantitative estimate of drug-likeness (QED) is 0.462. The van der Waals surface area contributed by atoms with E-state index in [9.17, 15) is 27.5 Å². The molecule has 1 unspecified atom stereocenters. The van der Waals surface area contributed by atoms with Crippen LogP contribution in [-0.4, -0.2) is 39.5 Å². The number of nitrogens with one attached hydrogen (secondary N) is 1. The smallest absolute Gasteiger partial charge is 0.266 e. The Balaban J connectivity index is 1.70. The average Bonchev–Trinajstić information content (AvgIpc) is 3.50. The van der Waals surface area contributed by atoms with Crippen molar-refractivity contribution in [1.29, 1.82) is 0 Å². The first-order valence-electron chi connectivity index (χ1n) is 11.7. The Kier molecular flexibility index (Phi) is 6.03. The molecule has 1 aliphatic carbocycles. The van der Waals surface area contributed by atoms with Crippen molar-refractivity contribution in [3.8, 4) is 0 Å². The number of aromatic nitrogens is 3. The fraction of sp³-hybridized carbons (Fsp3) is 0.480. The van der Waals surface area contributed by atoms with Gasteiger partial charge in [-0.05, 0) is 26.7 Å². The second-order valence-electron chi connectivity index (χ2n) is 9.67. The van der Waals surface area contributed by atoms with Gasteiger partial charge in [-0.15, -0.1) is 0 Å². The van der Waals surface area contributed by atoms with Crippen molar-refractivity contribution in [2.45, 2.75) is 56.7 Å². The Hall–Kier alpha value is -3.05. The zero-order valence-corrected chi connectivity index (χ0v) is 19.8. The van der Waals surface area contributed by atoms with Gasteiger partial charge in [0.2, 0.25) is 0 Å². The first-order valence-corrected chi connectivity index (χ1v) is 11.7. The lowest BCUT2D eigenvalue weighted by Gasteiger charge is -2.26. The van der Waals surface area contributed by atoms with Crippen molar-refractivity contribution in [2.24, 2.45) is 0 Å². The van der Waals surface area contributed by atoms with Crippen LogP contribution in [0.5, 0.6) is 0 Å². The number of aliphatic hydroxyl groups is 1. The topological polar surface area (TPSA) is 89.3 Å².